The van der Waals surface area contributed by atoms with E-state index in [1.165, 1.54) is 18.6 Å². The Morgan fingerprint density at radius 1 is 1.21 bits per heavy atom. The number of anilines is 1. The first-order chi connectivity index (χ1) is 9.16. The van der Waals surface area contributed by atoms with E-state index in [4.69, 9.17) is 4.42 Å². The Kier molecular flexibility index (Phi) is 4.35. The summed E-state index contributed by atoms with van der Waals surface area (Å²) in [6, 6.07) is 8.77. The van der Waals surface area contributed by atoms with E-state index >= 15 is 0 Å². The quantitative estimate of drug-likeness (QED) is 0.908. The van der Waals surface area contributed by atoms with Gasteiger partial charge in [-0.2, -0.15) is 0 Å². The molecule has 0 aliphatic rings. The topological polar surface area (TPSA) is 71.3 Å². The number of nitrogens with one attached hydrogen (secondary N) is 2. The van der Waals surface area contributed by atoms with E-state index in [9.17, 15) is 9.59 Å². The third kappa shape index (κ3) is 3.69. The van der Waals surface area contributed by atoms with Crippen LogP contribution in [0.2, 0.25) is 0 Å². The Hall–Kier alpha value is -2.08. The minimum atomic E-state index is -0.351. The first kappa shape index (κ1) is 13.4. The van der Waals surface area contributed by atoms with Crippen molar-refractivity contribution >= 4 is 33.4 Å². The van der Waals surface area contributed by atoms with Crippen LogP contribution in [-0.2, 0) is 4.79 Å². The van der Waals surface area contributed by atoms with Crippen molar-refractivity contribution in [3.8, 4) is 0 Å². The van der Waals surface area contributed by atoms with Crippen LogP contribution in [0.1, 0.15) is 10.4 Å². The highest BCUT2D eigenvalue weighted by atomic mass is 79.9. The molecule has 2 aromatic rings. The lowest BCUT2D eigenvalue weighted by Crippen LogP contribution is -2.32. The van der Waals surface area contributed by atoms with Crippen molar-refractivity contribution < 1.29 is 14.0 Å². The lowest BCUT2D eigenvalue weighted by atomic mass is 10.3. The molecular weight excluding hydrogens is 312 g/mol. The number of halogens is 1. The molecular formula is C13H11BrN2O3. The molecule has 1 heterocycles. The monoisotopic (exact) mass is 322 g/mol. The SMILES string of the molecule is O=C(CNC(=O)c1ccoc1)Nc1ccccc1Br. The molecule has 0 aliphatic heterocycles. The van der Waals surface area contributed by atoms with Gasteiger partial charge in [0.1, 0.15) is 6.26 Å². The zero-order valence-electron chi connectivity index (χ0n) is 9.85. The van der Waals surface area contributed by atoms with Gasteiger partial charge < -0.3 is 15.1 Å². The third-order valence-electron chi connectivity index (χ3n) is 2.34. The first-order valence-corrected chi connectivity index (χ1v) is 6.31. The second-order valence-electron chi connectivity index (χ2n) is 3.72. The van der Waals surface area contributed by atoms with E-state index in [1.807, 2.05) is 18.2 Å². The summed E-state index contributed by atoms with van der Waals surface area (Å²) in [5.41, 5.74) is 1.04. The fraction of sp³-hybridized carbons (Fsp3) is 0.0769. The zero-order chi connectivity index (χ0) is 13.7. The second-order valence-corrected chi connectivity index (χ2v) is 4.58. The van der Waals surface area contributed by atoms with Crippen LogP contribution in [0, 0.1) is 0 Å². The average molecular weight is 323 g/mol. The molecule has 0 saturated heterocycles. The molecule has 98 valence electrons. The van der Waals surface area contributed by atoms with Crippen molar-refractivity contribution in [2.24, 2.45) is 0 Å². The molecule has 19 heavy (non-hydrogen) atoms. The molecule has 0 radical (unpaired) electrons. The summed E-state index contributed by atoms with van der Waals surface area (Å²) in [6.07, 6.45) is 2.72. The van der Waals surface area contributed by atoms with Crippen LogP contribution in [0.4, 0.5) is 5.69 Å². The highest BCUT2D eigenvalue weighted by molar-refractivity contribution is 9.10. The van der Waals surface area contributed by atoms with Gasteiger partial charge in [0.15, 0.2) is 0 Å². The first-order valence-electron chi connectivity index (χ1n) is 5.51. The number of furan rings is 1. The summed E-state index contributed by atoms with van der Waals surface area (Å²) in [5, 5.41) is 5.19. The number of hydrogen-bond acceptors (Lipinski definition) is 3. The molecule has 2 amide bonds. The van der Waals surface area contributed by atoms with Gasteiger partial charge >= 0.3 is 0 Å². The van der Waals surface area contributed by atoms with Crippen molar-refractivity contribution in [3.05, 3.63) is 52.9 Å². The Balaban J connectivity index is 1.86. The molecule has 5 nitrogen and oxygen atoms in total. The van der Waals surface area contributed by atoms with Gasteiger partial charge in [0.25, 0.3) is 5.91 Å². The molecule has 2 rings (SSSR count). The predicted octanol–water partition coefficient (Wildman–Crippen LogP) is 2.41. The van der Waals surface area contributed by atoms with E-state index < -0.39 is 0 Å². The largest absolute Gasteiger partial charge is 0.472 e. The lowest BCUT2D eigenvalue weighted by molar-refractivity contribution is -0.115. The van der Waals surface area contributed by atoms with Crippen molar-refractivity contribution in [3.63, 3.8) is 0 Å². The summed E-state index contributed by atoms with van der Waals surface area (Å²) in [5.74, 6) is -0.653. The van der Waals surface area contributed by atoms with Crippen LogP contribution in [0.15, 0.2) is 51.7 Å². The minimum Gasteiger partial charge on any atom is -0.472 e. The summed E-state index contributed by atoms with van der Waals surface area (Å²) in [6.45, 7) is -0.106. The molecule has 0 saturated carbocycles. The fourth-order valence-corrected chi connectivity index (χ4v) is 1.80. The Morgan fingerprint density at radius 3 is 2.68 bits per heavy atom. The maximum absolute atomic E-state index is 11.7. The van der Waals surface area contributed by atoms with Crippen molar-refractivity contribution in [1.29, 1.82) is 0 Å². The molecule has 2 N–H and O–H groups in total. The normalized spacial score (nSPS) is 9.95. The van der Waals surface area contributed by atoms with E-state index in [2.05, 4.69) is 26.6 Å². The minimum absolute atomic E-state index is 0.106. The Labute approximate surface area is 118 Å². The summed E-state index contributed by atoms with van der Waals surface area (Å²) < 4.78 is 5.57. The van der Waals surface area contributed by atoms with Crippen LogP contribution in [-0.4, -0.2) is 18.4 Å². The highest BCUT2D eigenvalue weighted by Crippen LogP contribution is 2.20. The van der Waals surface area contributed by atoms with Crippen LogP contribution < -0.4 is 10.6 Å². The van der Waals surface area contributed by atoms with Gasteiger partial charge in [0, 0.05) is 4.47 Å². The smallest absolute Gasteiger partial charge is 0.254 e. The molecule has 0 bridgehead atoms. The average Bonchev–Trinajstić information content (AvgIpc) is 2.93. The van der Waals surface area contributed by atoms with Crippen molar-refractivity contribution in [1.82, 2.24) is 5.32 Å². The van der Waals surface area contributed by atoms with Gasteiger partial charge in [-0.3, -0.25) is 9.59 Å². The third-order valence-corrected chi connectivity index (χ3v) is 3.03. The zero-order valence-corrected chi connectivity index (χ0v) is 11.4. The molecule has 1 aromatic carbocycles. The molecule has 6 heteroatoms. The molecule has 0 atom stereocenters. The van der Waals surface area contributed by atoms with Crippen LogP contribution >= 0.6 is 15.9 Å². The van der Waals surface area contributed by atoms with Gasteiger partial charge in [-0.25, -0.2) is 0 Å². The van der Waals surface area contributed by atoms with Gasteiger partial charge in [-0.05, 0) is 34.1 Å². The van der Waals surface area contributed by atoms with Gasteiger partial charge in [-0.15, -0.1) is 0 Å². The summed E-state index contributed by atoms with van der Waals surface area (Å²) >= 11 is 3.32. The molecule has 1 aromatic heterocycles. The Bertz CT molecular complexity index is 581. The second kappa shape index (κ2) is 6.19. The van der Waals surface area contributed by atoms with E-state index in [-0.39, 0.29) is 18.4 Å². The van der Waals surface area contributed by atoms with Gasteiger partial charge in [0.05, 0.1) is 24.1 Å². The van der Waals surface area contributed by atoms with Gasteiger partial charge in [0.2, 0.25) is 5.91 Å². The lowest BCUT2D eigenvalue weighted by Gasteiger charge is -2.07. The maximum Gasteiger partial charge on any atom is 0.254 e. The number of benzene rings is 1. The molecule has 0 fully saturated rings. The number of rotatable bonds is 4. The van der Waals surface area contributed by atoms with E-state index in [1.54, 1.807) is 6.07 Å². The van der Waals surface area contributed by atoms with Crippen LogP contribution in [0.25, 0.3) is 0 Å². The summed E-state index contributed by atoms with van der Waals surface area (Å²) in [4.78, 5) is 23.2. The number of amides is 2. The fourth-order valence-electron chi connectivity index (χ4n) is 1.41. The number of para-hydroxylation sites is 1. The van der Waals surface area contributed by atoms with E-state index in [0.717, 1.165) is 4.47 Å². The molecule has 0 aliphatic carbocycles. The number of carbonyl (C=O) groups is 2. The van der Waals surface area contributed by atoms with Crippen molar-refractivity contribution in [2.45, 2.75) is 0 Å². The highest BCUT2D eigenvalue weighted by Gasteiger charge is 2.09. The predicted molar refractivity (Wildman–Crippen MR) is 73.8 cm³/mol. The maximum atomic E-state index is 11.7. The van der Waals surface area contributed by atoms with Crippen LogP contribution in [0.3, 0.4) is 0 Å². The number of carbonyl (C=O) groups excluding carboxylic acids is 2. The standard InChI is InChI=1S/C13H11BrN2O3/c14-10-3-1-2-4-11(10)16-12(17)7-15-13(18)9-5-6-19-8-9/h1-6,8H,7H2,(H,15,18)(H,16,17). The summed E-state index contributed by atoms with van der Waals surface area (Å²) in [7, 11) is 0. The van der Waals surface area contributed by atoms with Crippen molar-refractivity contribution in [2.75, 3.05) is 11.9 Å². The number of hydrogen-bond donors (Lipinski definition) is 2. The van der Waals surface area contributed by atoms with Crippen LogP contribution in [0.5, 0.6) is 0 Å². The Morgan fingerprint density at radius 2 is 2.00 bits per heavy atom. The van der Waals surface area contributed by atoms with Gasteiger partial charge in [-0.1, -0.05) is 12.1 Å². The molecule has 0 spiro atoms. The molecule has 0 unspecified atom stereocenters. The van der Waals surface area contributed by atoms with E-state index in [0.29, 0.717) is 11.3 Å².